The summed E-state index contributed by atoms with van der Waals surface area (Å²) in [6.45, 7) is 1.95. The third kappa shape index (κ3) is 4.63. The molecule has 0 saturated carbocycles. The van der Waals surface area contributed by atoms with Crippen molar-refractivity contribution in [3.8, 4) is 40.0 Å². The molecule has 0 atom stereocenters. The van der Waals surface area contributed by atoms with Gasteiger partial charge in [0.2, 0.25) is 0 Å². The van der Waals surface area contributed by atoms with E-state index in [1.807, 2.05) is 19.1 Å². The van der Waals surface area contributed by atoms with Gasteiger partial charge in [-0.05, 0) is 43.3 Å². The number of phenols is 1. The van der Waals surface area contributed by atoms with Crippen LogP contribution in [0.25, 0.3) is 11.3 Å². The van der Waals surface area contributed by atoms with Crippen molar-refractivity contribution in [2.75, 3.05) is 7.11 Å². The summed E-state index contributed by atoms with van der Waals surface area (Å²) in [5, 5.41) is 18.1. The van der Waals surface area contributed by atoms with Crippen LogP contribution in [0, 0.1) is 12.7 Å². The lowest BCUT2D eigenvalue weighted by Gasteiger charge is -2.11. The van der Waals surface area contributed by atoms with Crippen LogP contribution >= 0.6 is 11.6 Å². The van der Waals surface area contributed by atoms with Gasteiger partial charge in [-0.25, -0.2) is 4.39 Å². The molecular weight excluding hydrogens is 435 g/mol. The van der Waals surface area contributed by atoms with E-state index < -0.39 is 5.82 Å². The maximum Gasteiger partial charge on any atom is 0.176 e. The normalized spacial score (nSPS) is 10.8. The van der Waals surface area contributed by atoms with Crippen molar-refractivity contribution < 1.29 is 23.7 Å². The molecule has 0 aliphatic heterocycles. The molecule has 0 unspecified atom stereocenters. The Morgan fingerprint density at radius 1 is 1.03 bits per heavy atom. The Kier molecular flexibility index (Phi) is 6.18. The molecule has 2 N–H and O–H groups in total. The Hall–Kier alpha value is -3.71. The zero-order chi connectivity index (χ0) is 22.7. The number of aromatic nitrogens is 2. The molecule has 4 rings (SSSR count). The first-order valence-electron chi connectivity index (χ1n) is 9.71. The zero-order valence-electron chi connectivity index (χ0n) is 17.4. The van der Waals surface area contributed by atoms with Gasteiger partial charge in [0, 0.05) is 23.3 Å². The molecular formula is C24H20ClFN2O4. The molecule has 6 nitrogen and oxygen atoms in total. The second-order valence-corrected chi connectivity index (χ2v) is 7.42. The summed E-state index contributed by atoms with van der Waals surface area (Å²) in [7, 11) is 1.58. The Morgan fingerprint density at radius 2 is 1.84 bits per heavy atom. The Bertz CT molecular complexity index is 1260. The van der Waals surface area contributed by atoms with Gasteiger partial charge < -0.3 is 19.3 Å². The van der Waals surface area contributed by atoms with Crippen LogP contribution in [0.2, 0.25) is 5.02 Å². The number of hydrogen-bond donors (Lipinski definition) is 2. The van der Waals surface area contributed by atoms with E-state index in [1.165, 1.54) is 18.2 Å². The fraction of sp³-hybridized carbons (Fsp3) is 0.125. The first-order valence-corrected chi connectivity index (χ1v) is 10.1. The number of aromatic hydroxyl groups is 1. The van der Waals surface area contributed by atoms with Gasteiger partial charge in [-0.1, -0.05) is 23.7 Å². The van der Waals surface area contributed by atoms with Crippen LogP contribution in [0.3, 0.4) is 0 Å². The summed E-state index contributed by atoms with van der Waals surface area (Å²) in [5.41, 5.74) is 2.26. The van der Waals surface area contributed by atoms with E-state index in [4.69, 9.17) is 25.8 Å². The summed E-state index contributed by atoms with van der Waals surface area (Å²) in [6.07, 6.45) is 0. The number of phenolic OH excluding ortho intramolecular Hbond substituents is 1. The Morgan fingerprint density at radius 3 is 2.59 bits per heavy atom. The summed E-state index contributed by atoms with van der Waals surface area (Å²) in [6, 6.07) is 16.2. The quantitative estimate of drug-likeness (QED) is 0.344. The number of hydrogen-bond acceptors (Lipinski definition) is 5. The molecule has 0 spiro atoms. The van der Waals surface area contributed by atoms with Crippen molar-refractivity contribution in [3.63, 3.8) is 0 Å². The van der Waals surface area contributed by atoms with Crippen LogP contribution in [0.15, 0.2) is 60.7 Å². The van der Waals surface area contributed by atoms with Crippen LogP contribution in [-0.2, 0) is 6.61 Å². The molecule has 1 heterocycles. The van der Waals surface area contributed by atoms with Crippen molar-refractivity contribution in [2.24, 2.45) is 0 Å². The van der Waals surface area contributed by atoms with Gasteiger partial charge in [0.15, 0.2) is 5.75 Å². The van der Waals surface area contributed by atoms with E-state index in [1.54, 1.807) is 37.4 Å². The SMILES string of the molecule is COc1cccc(Oc2c(-c3ccc(OCc4ccc(F)cc4Cl)cc3O)n[nH]c2C)c1. The van der Waals surface area contributed by atoms with Crippen LogP contribution < -0.4 is 14.2 Å². The molecule has 32 heavy (non-hydrogen) atoms. The minimum Gasteiger partial charge on any atom is -0.507 e. The Labute approximate surface area is 189 Å². The van der Waals surface area contributed by atoms with E-state index in [-0.39, 0.29) is 17.4 Å². The van der Waals surface area contributed by atoms with Crippen LogP contribution in [0.1, 0.15) is 11.3 Å². The number of nitrogens with zero attached hydrogens (tertiary/aromatic N) is 1. The molecule has 0 aliphatic carbocycles. The van der Waals surface area contributed by atoms with Crippen LogP contribution in [0.5, 0.6) is 28.7 Å². The predicted molar refractivity (Wildman–Crippen MR) is 119 cm³/mol. The number of aryl methyl sites for hydroxylation is 1. The average molecular weight is 455 g/mol. The van der Waals surface area contributed by atoms with E-state index in [2.05, 4.69) is 10.2 Å². The van der Waals surface area contributed by atoms with E-state index in [0.29, 0.717) is 45.5 Å². The van der Waals surface area contributed by atoms with Gasteiger partial charge in [0.1, 0.15) is 41.1 Å². The van der Waals surface area contributed by atoms with Gasteiger partial charge in [0.05, 0.1) is 17.8 Å². The van der Waals surface area contributed by atoms with E-state index >= 15 is 0 Å². The lowest BCUT2D eigenvalue weighted by Crippen LogP contribution is -1.97. The molecule has 0 saturated heterocycles. The third-order valence-corrected chi connectivity index (χ3v) is 5.14. The monoisotopic (exact) mass is 454 g/mol. The molecule has 0 bridgehead atoms. The first-order chi connectivity index (χ1) is 15.4. The average Bonchev–Trinajstić information content (AvgIpc) is 3.13. The van der Waals surface area contributed by atoms with E-state index in [0.717, 1.165) is 0 Å². The highest BCUT2D eigenvalue weighted by atomic mass is 35.5. The number of halogens is 2. The molecule has 8 heteroatoms. The lowest BCUT2D eigenvalue weighted by atomic mass is 10.1. The molecule has 0 fully saturated rings. The number of aromatic amines is 1. The molecule has 0 radical (unpaired) electrons. The Balaban J connectivity index is 1.55. The highest BCUT2D eigenvalue weighted by Crippen LogP contribution is 2.40. The minimum absolute atomic E-state index is 0.0327. The van der Waals surface area contributed by atoms with Gasteiger partial charge >= 0.3 is 0 Å². The lowest BCUT2D eigenvalue weighted by molar-refractivity contribution is 0.304. The predicted octanol–water partition coefficient (Wildman–Crippen LogP) is 6.26. The van der Waals surface area contributed by atoms with Crippen molar-refractivity contribution in [1.29, 1.82) is 0 Å². The number of nitrogens with one attached hydrogen (secondary N) is 1. The second-order valence-electron chi connectivity index (χ2n) is 7.01. The topological polar surface area (TPSA) is 76.6 Å². The van der Waals surface area contributed by atoms with Gasteiger partial charge in [-0.15, -0.1) is 0 Å². The maximum atomic E-state index is 13.2. The molecule has 0 aliphatic rings. The smallest absolute Gasteiger partial charge is 0.176 e. The third-order valence-electron chi connectivity index (χ3n) is 4.79. The molecule has 0 amide bonds. The largest absolute Gasteiger partial charge is 0.507 e. The summed E-state index contributed by atoms with van der Waals surface area (Å²) in [5.74, 6) is 1.70. The van der Waals surface area contributed by atoms with Gasteiger partial charge in [0.25, 0.3) is 0 Å². The number of benzene rings is 3. The number of rotatable bonds is 7. The number of H-pyrrole nitrogens is 1. The highest BCUT2D eigenvalue weighted by molar-refractivity contribution is 6.31. The molecule has 164 valence electrons. The molecule has 1 aromatic heterocycles. The summed E-state index contributed by atoms with van der Waals surface area (Å²) >= 11 is 6.03. The highest BCUT2D eigenvalue weighted by Gasteiger charge is 2.18. The number of methoxy groups -OCH3 is 1. The first kappa shape index (κ1) is 21.5. The molecule has 3 aromatic carbocycles. The van der Waals surface area contributed by atoms with Crippen molar-refractivity contribution in [3.05, 3.63) is 82.8 Å². The van der Waals surface area contributed by atoms with E-state index in [9.17, 15) is 9.50 Å². The van der Waals surface area contributed by atoms with Gasteiger partial charge in [-0.2, -0.15) is 5.10 Å². The van der Waals surface area contributed by atoms with Crippen molar-refractivity contribution in [1.82, 2.24) is 10.2 Å². The standard InChI is InChI=1S/C24H20ClFN2O4/c1-14-24(32-19-5-3-4-17(11-19)30-2)23(28-27-14)20-9-8-18(12-22(20)29)31-13-15-6-7-16(26)10-21(15)25/h3-12,29H,13H2,1-2H3,(H,27,28). The van der Waals surface area contributed by atoms with Crippen molar-refractivity contribution in [2.45, 2.75) is 13.5 Å². The second kappa shape index (κ2) is 9.20. The summed E-state index contributed by atoms with van der Waals surface area (Å²) < 4.78 is 30.2. The fourth-order valence-electron chi connectivity index (χ4n) is 3.11. The molecule has 4 aromatic rings. The fourth-order valence-corrected chi connectivity index (χ4v) is 3.33. The maximum absolute atomic E-state index is 13.2. The van der Waals surface area contributed by atoms with Crippen LogP contribution in [-0.4, -0.2) is 22.4 Å². The summed E-state index contributed by atoms with van der Waals surface area (Å²) in [4.78, 5) is 0. The minimum atomic E-state index is -0.415. The number of ether oxygens (including phenoxy) is 3. The van der Waals surface area contributed by atoms with Gasteiger partial charge in [-0.3, -0.25) is 5.10 Å². The zero-order valence-corrected chi connectivity index (χ0v) is 18.1. The van der Waals surface area contributed by atoms with Crippen LogP contribution in [0.4, 0.5) is 4.39 Å². The van der Waals surface area contributed by atoms with Crippen molar-refractivity contribution >= 4 is 11.6 Å².